The zero-order chi connectivity index (χ0) is 18.1. The van der Waals surface area contributed by atoms with Crippen LogP contribution >= 0.6 is 23.4 Å². The zero-order valence-corrected chi connectivity index (χ0v) is 15.3. The Bertz CT molecular complexity index is 1070. The SMILES string of the molecule is C[C@@H](Sc1nnc(-c2ccc(Cl)cc2)o1)C(=O)c1c[nH]c2ccccc12. The Morgan fingerprint density at radius 1 is 1.15 bits per heavy atom. The van der Waals surface area contributed by atoms with Gasteiger partial charge in [0.25, 0.3) is 5.22 Å². The number of ketones is 1. The molecule has 0 aliphatic carbocycles. The third kappa shape index (κ3) is 3.25. The molecule has 0 saturated carbocycles. The molecule has 2 aromatic heterocycles. The van der Waals surface area contributed by atoms with Gasteiger partial charge in [-0.2, -0.15) is 0 Å². The molecule has 0 saturated heterocycles. The van der Waals surface area contributed by atoms with E-state index in [4.69, 9.17) is 16.0 Å². The van der Waals surface area contributed by atoms with Gasteiger partial charge in [-0.25, -0.2) is 0 Å². The number of thioether (sulfide) groups is 1. The van der Waals surface area contributed by atoms with E-state index in [0.717, 1.165) is 16.5 Å². The second-order valence-electron chi connectivity index (χ2n) is 5.75. The lowest BCUT2D eigenvalue weighted by atomic mass is 10.1. The molecule has 2 heterocycles. The first-order valence-corrected chi connectivity index (χ1v) is 9.24. The van der Waals surface area contributed by atoms with Gasteiger partial charge in [-0.3, -0.25) is 4.79 Å². The Hall–Kier alpha value is -2.57. The van der Waals surface area contributed by atoms with Crippen molar-refractivity contribution in [3.05, 3.63) is 65.3 Å². The normalized spacial score (nSPS) is 12.4. The highest BCUT2D eigenvalue weighted by atomic mass is 35.5. The number of fused-ring (bicyclic) bond motifs is 1. The van der Waals surface area contributed by atoms with E-state index in [9.17, 15) is 4.79 Å². The van der Waals surface area contributed by atoms with Gasteiger partial charge in [-0.05, 0) is 37.3 Å². The highest BCUT2D eigenvalue weighted by Gasteiger charge is 2.22. The molecule has 0 fully saturated rings. The molecule has 0 aliphatic heterocycles. The summed E-state index contributed by atoms with van der Waals surface area (Å²) in [5, 5.41) is 9.63. The van der Waals surface area contributed by atoms with E-state index in [1.807, 2.05) is 43.3 Å². The maximum absolute atomic E-state index is 12.8. The van der Waals surface area contributed by atoms with Gasteiger partial charge >= 0.3 is 0 Å². The van der Waals surface area contributed by atoms with Gasteiger partial charge in [0, 0.05) is 33.2 Å². The third-order valence-electron chi connectivity index (χ3n) is 4.00. The summed E-state index contributed by atoms with van der Waals surface area (Å²) in [5.41, 5.74) is 2.39. The van der Waals surface area contributed by atoms with Gasteiger partial charge < -0.3 is 9.40 Å². The molecule has 1 N–H and O–H groups in total. The van der Waals surface area contributed by atoms with Crippen molar-refractivity contribution >= 4 is 40.0 Å². The number of aromatic amines is 1. The van der Waals surface area contributed by atoms with Crippen molar-refractivity contribution in [2.75, 3.05) is 0 Å². The molecule has 7 heteroatoms. The highest BCUT2D eigenvalue weighted by molar-refractivity contribution is 8.00. The summed E-state index contributed by atoms with van der Waals surface area (Å²) in [5.74, 6) is 0.412. The average molecular weight is 384 g/mol. The number of aromatic nitrogens is 3. The van der Waals surface area contributed by atoms with Crippen molar-refractivity contribution in [3.63, 3.8) is 0 Å². The zero-order valence-electron chi connectivity index (χ0n) is 13.8. The highest BCUT2D eigenvalue weighted by Crippen LogP contribution is 2.29. The Morgan fingerprint density at radius 3 is 2.73 bits per heavy atom. The topological polar surface area (TPSA) is 71.8 Å². The van der Waals surface area contributed by atoms with Crippen molar-refractivity contribution in [2.24, 2.45) is 0 Å². The molecule has 0 spiro atoms. The summed E-state index contributed by atoms with van der Waals surface area (Å²) in [6.45, 7) is 1.83. The Labute approximate surface area is 158 Å². The Morgan fingerprint density at radius 2 is 1.92 bits per heavy atom. The fourth-order valence-corrected chi connectivity index (χ4v) is 3.54. The molecule has 1 atom stereocenters. The van der Waals surface area contributed by atoms with Crippen LogP contribution in [0.2, 0.25) is 5.02 Å². The van der Waals surface area contributed by atoms with Crippen molar-refractivity contribution in [1.82, 2.24) is 15.2 Å². The molecule has 0 amide bonds. The molecule has 26 heavy (non-hydrogen) atoms. The Balaban J connectivity index is 1.52. The van der Waals surface area contributed by atoms with E-state index < -0.39 is 0 Å². The Kier molecular flexibility index (Phi) is 4.53. The van der Waals surface area contributed by atoms with Gasteiger partial charge in [0.15, 0.2) is 5.78 Å². The van der Waals surface area contributed by atoms with E-state index in [0.29, 0.717) is 21.7 Å². The fraction of sp³-hybridized carbons (Fsp3) is 0.105. The number of hydrogen-bond acceptors (Lipinski definition) is 5. The molecule has 0 unspecified atom stereocenters. The van der Waals surface area contributed by atoms with Crippen LogP contribution in [0.4, 0.5) is 0 Å². The molecular weight excluding hydrogens is 370 g/mol. The number of hydrogen-bond donors (Lipinski definition) is 1. The van der Waals surface area contributed by atoms with Crippen molar-refractivity contribution in [2.45, 2.75) is 17.4 Å². The summed E-state index contributed by atoms with van der Waals surface area (Å²) in [4.78, 5) is 15.9. The lowest BCUT2D eigenvalue weighted by Crippen LogP contribution is -2.13. The molecule has 0 bridgehead atoms. The van der Waals surface area contributed by atoms with Crippen LogP contribution in [0, 0.1) is 0 Å². The van der Waals surface area contributed by atoms with Gasteiger partial charge in [-0.15, -0.1) is 10.2 Å². The van der Waals surface area contributed by atoms with Gasteiger partial charge in [0.05, 0.1) is 5.25 Å². The number of benzene rings is 2. The third-order valence-corrected chi connectivity index (χ3v) is 5.19. The van der Waals surface area contributed by atoms with Crippen LogP contribution in [-0.2, 0) is 0 Å². The molecule has 2 aromatic carbocycles. The van der Waals surface area contributed by atoms with Gasteiger partial charge in [0.2, 0.25) is 5.89 Å². The van der Waals surface area contributed by atoms with E-state index in [-0.39, 0.29) is 11.0 Å². The minimum Gasteiger partial charge on any atom is -0.411 e. The molecule has 130 valence electrons. The number of carbonyl (C=O) groups excluding carboxylic acids is 1. The number of rotatable bonds is 5. The quantitative estimate of drug-likeness (QED) is 0.377. The van der Waals surface area contributed by atoms with Crippen LogP contribution in [0.25, 0.3) is 22.4 Å². The second kappa shape index (κ2) is 6.97. The molecule has 4 aromatic rings. The number of H-pyrrole nitrogens is 1. The summed E-state index contributed by atoms with van der Waals surface area (Å²) in [6, 6.07) is 14.9. The van der Waals surface area contributed by atoms with Gasteiger partial charge in [0.1, 0.15) is 0 Å². The maximum atomic E-state index is 12.8. The standard InChI is InChI=1S/C19H14ClN3O2S/c1-11(17(24)15-10-21-16-5-3-2-4-14(15)16)26-19-23-22-18(25-19)12-6-8-13(20)9-7-12/h2-11,21H,1H3/t11-/m1/s1. The van der Waals surface area contributed by atoms with E-state index in [1.54, 1.807) is 18.3 Å². The first kappa shape index (κ1) is 16.9. The van der Waals surface area contributed by atoms with E-state index >= 15 is 0 Å². The molecule has 0 radical (unpaired) electrons. The van der Waals surface area contributed by atoms with Crippen molar-refractivity contribution in [3.8, 4) is 11.5 Å². The predicted octanol–water partition coefficient (Wildman–Crippen LogP) is 5.23. The monoisotopic (exact) mass is 383 g/mol. The first-order valence-electron chi connectivity index (χ1n) is 7.98. The second-order valence-corrected chi connectivity index (χ2v) is 7.48. The van der Waals surface area contributed by atoms with E-state index in [1.165, 1.54) is 11.8 Å². The molecule has 0 aliphatic rings. The maximum Gasteiger partial charge on any atom is 0.277 e. The average Bonchev–Trinajstić information content (AvgIpc) is 3.29. The largest absolute Gasteiger partial charge is 0.411 e. The van der Waals surface area contributed by atoms with Crippen LogP contribution in [0.15, 0.2) is 64.4 Å². The smallest absolute Gasteiger partial charge is 0.277 e. The number of nitrogens with zero attached hydrogens (tertiary/aromatic N) is 2. The summed E-state index contributed by atoms with van der Waals surface area (Å²) in [7, 11) is 0. The van der Waals surface area contributed by atoms with Crippen LogP contribution in [0.3, 0.4) is 0 Å². The van der Waals surface area contributed by atoms with Crippen molar-refractivity contribution in [1.29, 1.82) is 0 Å². The summed E-state index contributed by atoms with van der Waals surface area (Å²) in [6.07, 6.45) is 1.75. The lowest BCUT2D eigenvalue weighted by molar-refractivity contribution is 0.0995. The fourth-order valence-electron chi connectivity index (χ4n) is 2.67. The molecule has 5 nitrogen and oxygen atoms in total. The minimum atomic E-state index is -0.354. The van der Waals surface area contributed by atoms with E-state index in [2.05, 4.69) is 15.2 Å². The lowest BCUT2D eigenvalue weighted by Gasteiger charge is -2.06. The van der Waals surface area contributed by atoms with Crippen LogP contribution in [0.1, 0.15) is 17.3 Å². The van der Waals surface area contributed by atoms with Gasteiger partial charge in [-0.1, -0.05) is 41.6 Å². The number of Topliss-reactive ketones (excluding diaryl/α,β-unsaturated/α-hetero) is 1. The van der Waals surface area contributed by atoms with Crippen LogP contribution in [-0.4, -0.2) is 26.2 Å². The number of para-hydroxylation sites is 1. The minimum absolute atomic E-state index is 0.0127. The molecule has 4 rings (SSSR count). The summed E-state index contributed by atoms with van der Waals surface area (Å²) < 4.78 is 5.67. The van der Waals surface area contributed by atoms with Crippen LogP contribution in [0.5, 0.6) is 0 Å². The predicted molar refractivity (Wildman–Crippen MR) is 103 cm³/mol. The molecular formula is C19H14ClN3O2S. The first-order chi connectivity index (χ1) is 12.6. The number of carbonyl (C=O) groups is 1. The van der Waals surface area contributed by atoms with Crippen LogP contribution < -0.4 is 0 Å². The number of nitrogens with one attached hydrogen (secondary N) is 1. The number of halogens is 1. The summed E-state index contributed by atoms with van der Waals surface area (Å²) >= 11 is 7.13. The van der Waals surface area contributed by atoms with Crippen molar-refractivity contribution < 1.29 is 9.21 Å².